The molecule has 0 aromatic heterocycles. The van der Waals surface area contributed by atoms with Gasteiger partial charge < -0.3 is 15.2 Å². The monoisotopic (exact) mass is 287 g/mol. The molecule has 0 spiro atoms. The zero-order valence-corrected chi connectivity index (χ0v) is 12.5. The Morgan fingerprint density at radius 3 is 2.74 bits per heavy atom. The molecule has 1 saturated carbocycles. The Morgan fingerprint density at radius 1 is 1.42 bits per heavy atom. The van der Waals surface area contributed by atoms with Crippen molar-refractivity contribution in [3.63, 3.8) is 0 Å². The Labute approximate surface area is 119 Å². The summed E-state index contributed by atoms with van der Waals surface area (Å²) in [6.07, 6.45) is 4.09. The van der Waals surface area contributed by atoms with Gasteiger partial charge in [0.25, 0.3) is 0 Å². The van der Waals surface area contributed by atoms with Crippen molar-refractivity contribution >= 4 is 17.7 Å². The predicted molar refractivity (Wildman–Crippen MR) is 77.3 cm³/mol. The summed E-state index contributed by atoms with van der Waals surface area (Å²) in [5, 5.41) is 14.0. The van der Waals surface area contributed by atoms with Crippen molar-refractivity contribution in [2.24, 2.45) is 5.92 Å². The van der Waals surface area contributed by atoms with Gasteiger partial charge in [-0.1, -0.05) is 0 Å². The van der Waals surface area contributed by atoms with Crippen LogP contribution in [0.15, 0.2) is 0 Å². The molecule has 1 atom stereocenters. The standard InChI is InChI=1S/C14H25NO3S/c1-2-18-13(16)11-3-6-14(17,7-4-11)10-15-12-5-8-19-9-12/h11-12,15,17H,2-10H2,1H3. The molecular weight excluding hydrogens is 262 g/mol. The van der Waals surface area contributed by atoms with Crippen LogP contribution in [0, 0.1) is 5.92 Å². The van der Waals surface area contributed by atoms with Crippen molar-refractivity contribution in [1.29, 1.82) is 0 Å². The molecule has 0 aromatic rings. The van der Waals surface area contributed by atoms with E-state index in [4.69, 9.17) is 4.74 Å². The Balaban J connectivity index is 1.72. The number of hydrogen-bond acceptors (Lipinski definition) is 5. The van der Waals surface area contributed by atoms with Crippen molar-refractivity contribution in [2.45, 2.75) is 50.7 Å². The van der Waals surface area contributed by atoms with Crippen molar-refractivity contribution in [1.82, 2.24) is 5.32 Å². The lowest BCUT2D eigenvalue weighted by atomic mass is 9.78. The molecule has 1 aliphatic heterocycles. The summed E-state index contributed by atoms with van der Waals surface area (Å²) in [5.74, 6) is 2.27. The molecule has 19 heavy (non-hydrogen) atoms. The van der Waals surface area contributed by atoms with Crippen LogP contribution in [0.5, 0.6) is 0 Å². The molecule has 1 saturated heterocycles. The highest BCUT2D eigenvalue weighted by molar-refractivity contribution is 7.99. The van der Waals surface area contributed by atoms with Crippen LogP contribution < -0.4 is 5.32 Å². The van der Waals surface area contributed by atoms with Crippen molar-refractivity contribution in [2.75, 3.05) is 24.7 Å². The first-order valence-electron chi connectivity index (χ1n) is 7.33. The number of aliphatic hydroxyl groups is 1. The second-order valence-corrected chi connectivity index (χ2v) is 6.84. The molecule has 2 rings (SSSR count). The summed E-state index contributed by atoms with van der Waals surface area (Å²) in [6, 6.07) is 0.553. The van der Waals surface area contributed by atoms with E-state index in [0.29, 0.717) is 32.0 Å². The lowest BCUT2D eigenvalue weighted by molar-refractivity contribution is -0.151. The first-order valence-corrected chi connectivity index (χ1v) is 8.48. The molecule has 5 heteroatoms. The van der Waals surface area contributed by atoms with E-state index in [1.807, 2.05) is 18.7 Å². The highest BCUT2D eigenvalue weighted by atomic mass is 32.2. The number of carbonyl (C=O) groups is 1. The van der Waals surface area contributed by atoms with E-state index in [-0.39, 0.29) is 11.9 Å². The average molecular weight is 287 g/mol. The fraction of sp³-hybridized carbons (Fsp3) is 0.929. The smallest absolute Gasteiger partial charge is 0.308 e. The summed E-state index contributed by atoms with van der Waals surface area (Å²) in [5.41, 5.74) is -0.629. The zero-order valence-electron chi connectivity index (χ0n) is 11.7. The van der Waals surface area contributed by atoms with Gasteiger partial charge in [0.05, 0.1) is 18.1 Å². The molecule has 2 N–H and O–H groups in total. The number of hydrogen-bond donors (Lipinski definition) is 2. The van der Waals surface area contributed by atoms with Crippen LogP contribution in [0.4, 0.5) is 0 Å². The third-order valence-corrected chi connectivity index (χ3v) is 5.35. The van der Waals surface area contributed by atoms with E-state index in [1.54, 1.807) is 0 Å². The maximum Gasteiger partial charge on any atom is 0.308 e. The molecule has 1 aliphatic carbocycles. The number of ether oxygens (including phenoxy) is 1. The van der Waals surface area contributed by atoms with Crippen molar-refractivity contribution < 1.29 is 14.6 Å². The van der Waals surface area contributed by atoms with E-state index in [1.165, 1.54) is 12.2 Å². The van der Waals surface area contributed by atoms with E-state index in [9.17, 15) is 9.90 Å². The molecule has 0 radical (unpaired) electrons. The van der Waals surface area contributed by atoms with Gasteiger partial charge in [-0.25, -0.2) is 0 Å². The third-order valence-electron chi connectivity index (χ3n) is 4.19. The molecular formula is C14H25NO3S. The van der Waals surface area contributed by atoms with Gasteiger partial charge in [0.1, 0.15) is 0 Å². The largest absolute Gasteiger partial charge is 0.466 e. The summed E-state index contributed by atoms with van der Waals surface area (Å²) < 4.78 is 5.05. The number of nitrogens with one attached hydrogen (secondary N) is 1. The van der Waals surface area contributed by atoms with Crippen LogP contribution in [0.3, 0.4) is 0 Å². The van der Waals surface area contributed by atoms with E-state index in [0.717, 1.165) is 18.6 Å². The summed E-state index contributed by atoms with van der Waals surface area (Å²) in [7, 11) is 0. The van der Waals surface area contributed by atoms with Gasteiger partial charge in [-0.15, -0.1) is 0 Å². The van der Waals surface area contributed by atoms with Gasteiger partial charge in [-0.3, -0.25) is 4.79 Å². The lowest BCUT2D eigenvalue weighted by Crippen LogP contribution is -2.47. The Hall–Kier alpha value is -0.260. The number of carbonyl (C=O) groups excluding carboxylic acids is 1. The SMILES string of the molecule is CCOC(=O)C1CCC(O)(CNC2CCSC2)CC1. The first kappa shape index (κ1) is 15.1. The summed E-state index contributed by atoms with van der Waals surface area (Å²) in [6.45, 7) is 2.94. The Bertz CT molecular complexity index is 297. The van der Waals surface area contributed by atoms with Gasteiger partial charge in [0.2, 0.25) is 0 Å². The molecule has 1 unspecified atom stereocenters. The minimum Gasteiger partial charge on any atom is -0.466 e. The fourth-order valence-electron chi connectivity index (χ4n) is 2.86. The van der Waals surface area contributed by atoms with Gasteiger partial charge in [0, 0.05) is 18.3 Å². The maximum atomic E-state index is 11.7. The molecule has 110 valence electrons. The Kier molecular flexibility index (Phi) is 5.54. The molecule has 4 nitrogen and oxygen atoms in total. The van der Waals surface area contributed by atoms with Gasteiger partial charge in [0.15, 0.2) is 0 Å². The summed E-state index contributed by atoms with van der Waals surface area (Å²) in [4.78, 5) is 11.7. The fourth-order valence-corrected chi connectivity index (χ4v) is 4.04. The normalized spacial score (nSPS) is 35.3. The molecule has 0 amide bonds. The van der Waals surface area contributed by atoms with E-state index < -0.39 is 5.60 Å². The van der Waals surface area contributed by atoms with Crippen molar-refractivity contribution in [3.05, 3.63) is 0 Å². The van der Waals surface area contributed by atoms with Gasteiger partial charge in [-0.05, 0) is 44.8 Å². The van der Waals surface area contributed by atoms with Crippen LogP contribution in [0.25, 0.3) is 0 Å². The van der Waals surface area contributed by atoms with Crippen LogP contribution in [-0.4, -0.2) is 47.4 Å². The van der Waals surface area contributed by atoms with Crippen LogP contribution >= 0.6 is 11.8 Å². The number of esters is 1. The second-order valence-electron chi connectivity index (χ2n) is 5.69. The van der Waals surface area contributed by atoms with Crippen LogP contribution in [0.2, 0.25) is 0 Å². The van der Waals surface area contributed by atoms with E-state index in [2.05, 4.69) is 5.32 Å². The van der Waals surface area contributed by atoms with Crippen LogP contribution in [-0.2, 0) is 9.53 Å². The van der Waals surface area contributed by atoms with Crippen molar-refractivity contribution in [3.8, 4) is 0 Å². The third kappa shape index (κ3) is 4.36. The minimum atomic E-state index is -0.629. The number of thioether (sulfide) groups is 1. The maximum absolute atomic E-state index is 11.7. The molecule has 0 aromatic carbocycles. The molecule has 0 bridgehead atoms. The average Bonchev–Trinajstić information content (AvgIpc) is 2.91. The summed E-state index contributed by atoms with van der Waals surface area (Å²) >= 11 is 1.97. The predicted octanol–water partition coefficient (Wildman–Crippen LogP) is 1.57. The lowest BCUT2D eigenvalue weighted by Gasteiger charge is -2.36. The Morgan fingerprint density at radius 2 is 2.16 bits per heavy atom. The zero-order chi connectivity index (χ0) is 13.7. The minimum absolute atomic E-state index is 0.0118. The number of rotatable bonds is 5. The molecule has 1 heterocycles. The first-order chi connectivity index (χ1) is 9.13. The van der Waals surface area contributed by atoms with Gasteiger partial charge >= 0.3 is 5.97 Å². The van der Waals surface area contributed by atoms with Crippen LogP contribution in [0.1, 0.15) is 39.0 Å². The molecule has 2 aliphatic rings. The van der Waals surface area contributed by atoms with Gasteiger partial charge in [-0.2, -0.15) is 11.8 Å². The quantitative estimate of drug-likeness (QED) is 0.752. The highest BCUT2D eigenvalue weighted by Gasteiger charge is 2.36. The molecule has 2 fully saturated rings. The topological polar surface area (TPSA) is 58.6 Å². The second kappa shape index (κ2) is 6.95. The van der Waals surface area contributed by atoms with E-state index >= 15 is 0 Å². The highest BCUT2D eigenvalue weighted by Crippen LogP contribution is 2.32.